The molecule has 1 heterocycles. The fourth-order valence-corrected chi connectivity index (χ4v) is 2.41. The number of nitrogens with one attached hydrogen (secondary N) is 1. The smallest absolute Gasteiger partial charge is 0.231 e. The maximum absolute atomic E-state index is 5.96. The van der Waals surface area contributed by atoms with Crippen LogP contribution in [0.5, 0.6) is 0 Å². The summed E-state index contributed by atoms with van der Waals surface area (Å²) in [6.45, 7) is 3.57. The minimum Gasteiger partial charge on any atom is -0.354 e. The van der Waals surface area contributed by atoms with Crippen molar-refractivity contribution in [3.8, 4) is 0 Å². The predicted molar refractivity (Wildman–Crippen MR) is 89.9 cm³/mol. The van der Waals surface area contributed by atoms with Gasteiger partial charge < -0.3 is 10.2 Å². The molecule has 2 rings (SSSR count). The molecular formula is C14H17BrClN5. The molecule has 0 spiro atoms. The quantitative estimate of drug-likeness (QED) is 0.839. The van der Waals surface area contributed by atoms with Gasteiger partial charge >= 0.3 is 0 Å². The van der Waals surface area contributed by atoms with Crippen LogP contribution < -0.4 is 10.2 Å². The minimum absolute atomic E-state index is 0.194. The van der Waals surface area contributed by atoms with Crippen molar-refractivity contribution in [1.82, 2.24) is 15.0 Å². The lowest BCUT2D eigenvalue weighted by Gasteiger charge is -2.18. The highest BCUT2D eigenvalue weighted by Crippen LogP contribution is 2.17. The van der Waals surface area contributed by atoms with Crippen LogP contribution in [0.2, 0.25) is 5.28 Å². The summed E-state index contributed by atoms with van der Waals surface area (Å²) in [6.07, 6.45) is 0.993. The van der Waals surface area contributed by atoms with Crippen LogP contribution in [0.25, 0.3) is 0 Å². The molecule has 0 fully saturated rings. The van der Waals surface area contributed by atoms with Crippen LogP contribution in [0.3, 0.4) is 0 Å². The third kappa shape index (κ3) is 4.82. The van der Waals surface area contributed by atoms with Crippen molar-refractivity contribution >= 4 is 39.4 Å². The van der Waals surface area contributed by atoms with E-state index in [1.807, 2.05) is 24.1 Å². The third-order valence-corrected chi connectivity index (χ3v) is 3.44. The van der Waals surface area contributed by atoms with Crippen LogP contribution in [0, 0.1) is 0 Å². The van der Waals surface area contributed by atoms with E-state index in [1.165, 1.54) is 0 Å². The Morgan fingerprint density at radius 3 is 2.81 bits per heavy atom. The molecule has 0 saturated carbocycles. The number of anilines is 2. The van der Waals surface area contributed by atoms with Gasteiger partial charge in [0, 0.05) is 24.6 Å². The van der Waals surface area contributed by atoms with Crippen molar-refractivity contribution in [2.45, 2.75) is 19.9 Å². The first-order valence-electron chi connectivity index (χ1n) is 6.69. The lowest BCUT2D eigenvalue weighted by molar-refractivity contribution is 0.847. The molecule has 5 nitrogen and oxygen atoms in total. The first-order valence-corrected chi connectivity index (χ1v) is 7.86. The van der Waals surface area contributed by atoms with Gasteiger partial charge in [0.05, 0.1) is 0 Å². The highest BCUT2D eigenvalue weighted by Gasteiger charge is 2.10. The predicted octanol–water partition coefficient (Wildman–Crippen LogP) is 3.75. The van der Waals surface area contributed by atoms with Gasteiger partial charge in [0.25, 0.3) is 0 Å². The Kier molecular flexibility index (Phi) is 5.76. The number of aromatic nitrogens is 3. The lowest BCUT2D eigenvalue weighted by atomic mass is 10.2. The van der Waals surface area contributed by atoms with Crippen LogP contribution in [0.1, 0.15) is 18.9 Å². The van der Waals surface area contributed by atoms with E-state index in [-0.39, 0.29) is 5.28 Å². The van der Waals surface area contributed by atoms with E-state index >= 15 is 0 Å². The topological polar surface area (TPSA) is 53.9 Å². The van der Waals surface area contributed by atoms with Gasteiger partial charge in [-0.15, -0.1) is 0 Å². The lowest BCUT2D eigenvalue weighted by Crippen LogP contribution is -2.20. The Morgan fingerprint density at radius 2 is 2.10 bits per heavy atom. The van der Waals surface area contributed by atoms with Gasteiger partial charge in [-0.1, -0.05) is 35.0 Å². The molecule has 0 bridgehead atoms. The third-order valence-electron chi connectivity index (χ3n) is 2.78. The van der Waals surface area contributed by atoms with Gasteiger partial charge in [0.2, 0.25) is 17.2 Å². The van der Waals surface area contributed by atoms with E-state index in [4.69, 9.17) is 11.6 Å². The summed E-state index contributed by atoms with van der Waals surface area (Å²) in [5.41, 5.74) is 1.16. The van der Waals surface area contributed by atoms with Gasteiger partial charge in [-0.25, -0.2) is 0 Å². The monoisotopic (exact) mass is 369 g/mol. The second kappa shape index (κ2) is 7.56. The SMILES string of the molecule is CCCNc1nc(Cl)nc(N(C)Cc2cccc(Br)c2)n1. The first kappa shape index (κ1) is 16.0. The van der Waals surface area contributed by atoms with E-state index < -0.39 is 0 Å². The highest BCUT2D eigenvalue weighted by atomic mass is 79.9. The summed E-state index contributed by atoms with van der Waals surface area (Å²) in [4.78, 5) is 14.6. The number of rotatable bonds is 6. The number of hydrogen-bond donors (Lipinski definition) is 1. The molecule has 2 aromatic rings. The molecule has 0 saturated heterocycles. The van der Waals surface area contributed by atoms with Crippen molar-refractivity contribution < 1.29 is 0 Å². The second-order valence-electron chi connectivity index (χ2n) is 4.64. The zero-order valence-corrected chi connectivity index (χ0v) is 14.3. The summed E-state index contributed by atoms with van der Waals surface area (Å²) in [5.74, 6) is 1.06. The van der Waals surface area contributed by atoms with E-state index in [9.17, 15) is 0 Å². The molecule has 1 aromatic heterocycles. The Bertz CT molecular complexity index is 608. The van der Waals surface area contributed by atoms with E-state index in [0.717, 1.165) is 23.0 Å². The summed E-state index contributed by atoms with van der Waals surface area (Å²) in [6, 6.07) is 8.12. The summed E-state index contributed by atoms with van der Waals surface area (Å²) in [5, 5.41) is 3.32. The fourth-order valence-electron chi connectivity index (χ4n) is 1.81. The Labute approximate surface area is 137 Å². The normalized spacial score (nSPS) is 10.5. The summed E-state index contributed by atoms with van der Waals surface area (Å²) >= 11 is 9.43. The molecule has 0 aliphatic heterocycles. The average molecular weight is 371 g/mol. The number of benzene rings is 1. The van der Waals surface area contributed by atoms with Crippen LogP contribution in [-0.2, 0) is 6.54 Å². The van der Waals surface area contributed by atoms with Gasteiger partial charge in [-0.05, 0) is 35.7 Å². The molecule has 0 atom stereocenters. The molecule has 0 amide bonds. The fraction of sp³-hybridized carbons (Fsp3) is 0.357. The van der Waals surface area contributed by atoms with Crippen LogP contribution in [0.15, 0.2) is 28.7 Å². The molecular weight excluding hydrogens is 354 g/mol. The van der Waals surface area contributed by atoms with Crippen molar-refractivity contribution in [3.05, 3.63) is 39.6 Å². The number of hydrogen-bond acceptors (Lipinski definition) is 5. The number of nitrogens with zero attached hydrogens (tertiary/aromatic N) is 4. The zero-order chi connectivity index (χ0) is 15.2. The van der Waals surface area contributed by atoms with Crippen molar-refractivity contribution in [3.63, 3.8) is 0 Å². The molecule has 0 radical (unpaired) electrons. The van der Waals surface area contributed by atoms with Crippen LogP contribution >= 0.6 is 27.5 Å². The standard InChI is InChI=1S/C14H17BrClN5/c1-3-7-17-13-18-12(16)19-14(20-13)21(2)9-10-5-4-6-11(15)8-10/h4-6,8H,3,7,9H2,1-2H3,(H,17,18,19,20). The van der Waals surface area contributed by atoms with Gasteiger partial charge in [0.1, 0.15) is 0 Å². The van der Waals surface area contributed by atoms with E-state index in [0.29, 0.717) is 18.4 Å². The summed E-state index contributed by atoms with van der Waals surface area (Å²) in [7, 11) is 1.93. The maximum atomic E-state index is 5.96. The molecule has 1 aromatic carbocycles. The summed E-state index contributed by atoms with van der Waals surface area (Å²) < 4.78 is 1.05. The van der Waals surface area contributed by atoms with Crippen LogP contribution in [0.4, 0.5) is 11.9 Å². The average Bonchev–Trinajstić information content (AvgIpc) is 2.44. The van der Waals surface area contributed by atoms with E-state index in [1.54, 1.807) is 0 Å². The Balaban J connectivity index is 2.14. The van der Waals surface area contributed by atoms with E-state index in [2.05, 4.69) is 55.3 Å². The Hall–Kier alpha value is -1.40. The molecule has 0 aliphatic carbocycles. The van der Waals surface area contributed by atoms with Gasteiger partial charge in [-0.3, -0.25) is 0 Å². The van der Waals surface area contributed by atoms with Gasteiger partial charge in [-0.2, -0.15) is 15.0 Å². The molecule has 0 unspecified atom stereocenters. The second-order valence-corrected chi connectivity index (χ2v) is 5.89. The molecule has 1 N–H and O–H groups in total. The molecule has 112 valence electrons. The van der Waals surface area contributed by atoms with Crippen molar-refractivity contribution in [2.75, 3.05) is 23.8 Å². The zero-order valence-electron chi connectivity index (χ0n) is 12.0. The molecule has 21 heavy (non-hydrogen) atoms. The molecule has 0 aliphatic rings. The number of halogens is 2. The van der Waals surface area contributed by atoms with Crippen molar-refractivity contribution in [2.24, 2.45) is 0 Å². The van der Waals surface area contributed by atoms with Crippen LogP contribution in [-0.4, -0.2) is 28.5 Å². The van der Waals surface area contributed by atoms with Gasteiger partial charge in [0.15, 0.2) is 0 Å². The Morgan fingerprint density at radius 1 is 1.29 bits per heavy atom. The minimum atomic E-state index is 0.194. The maximum Gasteiger partial charge on any atom is 0.231 e. The first-order chi connectivity index (χ1) is 10.1. The largest absolute Gasteiger partial charge is 0.354 e. The highest BCUT2D eigenvalue weighted by molar-refractivity contribution is 9.10. The van der Waals surface area contributed by atoms with Crippen molar-refractivity contribution in [1.29, 1.82) is 0 Å². The molecule has 7 heteroatoms.